The van der Waals surface area contributed by atoms with Gasteiger partial charge in [-0.25, -0.2) is 0 Å². The highest BCUT2D eigenvalue weighted by Crippen LogP contribution is 2.63. The number of aliphatic hydroxyl groups excluding tert-OH is 1. The van der Waals surface area contributed by atoms with Crippen molar-refractivity contribution in [3.8, 4) is 0 Å². The third-order valence-electron chi connectivity index (χ3n) is 9.84. The Morgan fingerprint density at radius 2 is 1.42 bits per heavy atom. The second kappa shape index (κ2) is 7.89. The molecule has 1 heterocycles. The Balaban J connectivity index is 1.16. The van der Waals surface area contributed by atoms with Gasteiger partial charge < -0.3 is 14.4 Å². The van der Waals surface area contributed by atoms with Crippen LogP contribution in [0.15, 0.2) is 24.3 Å². The number of hydrogen-bond acceptors (Lipinski definition) is 3. The fraction of sp³-hybridized carbons (Fsp3) is 0.778. The molecule has 1 unspecified atom stereocenters. The fourth-order valence-corrected chi connectivity index (χ4v) is 6.93. The maximum absolute atomic E-state index is 9.37. The molecule has 1 N–H and O–H groups in total. The molecular formula is C27H41BO3. The zero-order chi connectivity index (χ0) is 21.9. The Morgan fingerprint density at radius 1 is 0.839 bits per heavy atom. The molecule has 0 amide bonds. The summed E-state index contributed by atoms with van der Waals surface area (Å²) in [5.74, 6) is 3.38. The van der Waals surface area contributed by atoms with Crippen LogP contribution in [0.2, 0.25) is 0 Å². The number of benzene rings is 1. The highest BCUT2D eigenvalue weighted by atomic mass is 16.7. The molecule has 5 aliphatic rings. The summed E-state index contributed by atoms with van der Waals surface area (Å²) in [5.41, 5.74) is 2.55. The summed E-state index contributed by atoms with van der Waals surface area (Å²) >= 11 is 0. The second-order valence-corrected chi connectivity index (χ2v) is 12.3. The van der Waals surface area contributed by atoms with E-state index in [1.165, 1.54) is 63.4 Å². The van der Waals surface area contributed by atoms with Crippen molar-refractivity contribution < 1.29 is 14.4 Å². The molecule has 5 fully saturated rings. The maximum atomic E-state index is 9.37. The number of aliphatic hydroxyl groups is 1. The first kappa shape index (κ1) is 22.0. The van der Waals surface area contributed by atoms with Crippen molar-refractivity contribution in [2.24, 2.45) is 23.7 Å². The zero-order valence-electron chi connectivity index (χ0n) is 20.0. The molecule has 1 aromatic rings. The molecule has 1 aromatic carbocycles. The Hall–Kier alpha value is -0.835. The smallest absolute Gasteiger partial charge is 0.399 e. The standard InChI is InChI=1S/C27H41BO3/c1-25(2)26(3,4)31-28(30-25)24-13-11-23(12-14-24)27-15-21(22(16-27)17-27)10-9-19-5-7-20(18-29)8-6-19/h11-14,19-22,29H,5-10,15-18H2,1-4H3. The van der Waals surface area contributed by atoms with Crippen LogP contribution in [0.5, 0.6) is 0 Å². The molecule has 2 bridgehead atoms. The van der Waals surface area contributed by atoms with Crippen molar-refractivity contribution in [1.29, 1.82) is 0 Å². The summed E-state index contributed by atoms with van der Waals surface area (Å²) in [4.78, 5) is 0. The van der Waals surface area contributed by atoms with Crippen LogP contribution in [0.4, 0.5) is 0 Å². The minimum Gasteiger partial charge on any atom is -0.399 e. The van der Waals surface area contributed by atoms with Gasteiger partial charge >= 0.3 is 7.12 Å². The monoisotopic (exact) mass is 424 g/mol. The van der Waals surface area contributed by atoms with Gasteiger partial charge in [-0.2, -0.15) is 0 Å². The van der Waals surface area contributed by atoms with E-state index in [-0.39, 0.29) is 18.3 Å². The summed E-state index contributed by atoms with van der Waals surface area (Å²) in [6.07, 6.45) is 12.2. The number of hydrogen-bond donors (Lipinski definition) is 1. The average Bonchev–Trinajstić information content (AvgIpc) is 3.34. The molecule has 31 heavy (non-hydrogen) atoms. The van der Waals surface area contributed by atoms with Crippen molar-refractivity contribution >= 4 is 12.6 Å². The van der Waals surface area contributed by atoms with Crippen molar-refractivity contribution in [2.45, 2.75) is 102 Å². The molecule has 1 saturated heterocycles. The lowest BCUT2D eigenvalue weighted by molar-refractivity contribution is 0.00578. The zero-order valence-corrected chi connectivity index (χ0v) is 20.0. The fourth-order valence-electron chi connectivity index (χ4n) is 6.93. The Bertz CT molecular complexity index is 756. The summed E-state index contributed by atoms with van der Waals surface area (Å²) in [5, 5.41) is 9.37. The van der Waals surface area contributed by atoms with Gasteiger partial charge in [0.1, 0.15) is 0 Å². The molecule has 4 saturated carbocycles. The van der Waals surface area contributed by atoms with Crippen LogP contribution < -0.4 is 5.46 Å². The average molecular weight is 424 g/mol. The van der Waals surface area contributed by atoms with E-state index in [2.05, 4.69) is 52.0 Å². The molecule has 4 heteroatoms. The Morgan fingerprint density at radius 3 is 2.00 bits per heavy atom. The van der Waals surface area contributed by atoms with E-state index < -0.39 is 0 Å². The van der Waals surface area contributed by atoms with Crippen molar-refractivity contribution in [2.75, 3.05) is 6.61 Å². The van der Waals surface area contributed by atoms with Gasteiger partial charge in [0.15, 0.2) is 0 Å². The van der Waals surface area contributed by atoms with Crippen LogP contribution in [0, 0.1) is 23.7 Å². The van der Waals surface area contributed by atoms with E-state index in [4.69, 9.17) is 9.31 Å². The van der Waals surface area contributed by atoms with Gasteiger partial charge in [-0.3, -0.25) is 0 Å². The van der Waals surface area contributed by atoms with E-state index >= 15 is 0 Å². The van der Waals surface area contributed by atoms with Crippen molar-refractivity contribution in [3.05, 3.63) is 29.8 Å². The lowest BCUT2D eigenvalue weighted by Gasteiger charge is -2.39. The molecule has 6 rings (SSSR count). The van der Waals surface area contributed by atoms with Gasteiger partial charge in [0.25, 0.3) is 0 Å². The molecule has 1 atom stereocenters. The van der Waals surface area contributed by atoms with E-state index in [0.717, 1.165) is 23.2 Å². The van der Waals surface area contributed by atoms with Crippen molar-refractivity contribution in [3.63, 3.8) is 0 Å². The molecule has 1 aliphatic heterocycles. The normalized spacial score (nSPS) is 38.3. The Labute approximate surface area is 189 Å². The molecular weight excluding hydrogens is 383 g/mol. The van der Waals surface area contributed by atoms with E-state index in [0.29, 0.717) is 17.9 Å². The van der Waals surface area contributed by atoms with Crippen LogP contribution in [0.25, 0.3) is 0 Å². The second-order valence-electron chi connectivity index (χ2n) is 12.3. The third kappa shape index (κ3) is 3.91. The van der Waals surface area contributed by atoms with Gasteiger partial charge in [0.05, 0.1) is 11.2 Å². The predicted octanol–water partition coefficient (Wildman–Crippen LogP) is 5.23. The van der Waals surface area contributed by atoms with Gasteiger partial charge in [0, 0.05) is 6.61 Å². The highest BCUT2D eigenvalue weighted by Gasteiger charge is 2.56. The molecule has 0 aromatic heterocycles. The highest BCUT2D eigenvalue weighted by molar-refractivity contribution is 6.62. The van der Waals surface area contributed by atoms with Crippen LogP contribution >= 0.6 is 0 Å². The molecule has 0 radical (unpaired) electrons. The van der Waals surface area contributed by atoms with Crippen LogP contribution in [0.1, 0.15) is 91.0 Å². The molecule has 170 valence electrons. The minimum absolute atomic E-state index is 0.261. The van der Waals surface area contributed by atoms with E-state index in [9.17, 15) is 5.11 Å². The van der Waals surface area contributed by atoms with Gasteiger partial charge in [-0.1, -0.05) is 43.5 Å². The van der Waals surface area contributed by atoms with Crippen LogP contribution in [0.3, 0.4) is 0 Å². The van der Waals surface area contributed by atoms with Gasteiger partial charge in [-0.15, -0.1) is 0 Å². The first-order chi connectivity index (χ1) is 14.7. The number of fused-ring (bicyclic) bond motifs is 1. The summed E-state index contributed by atoms with van der Waals surface area (Å²) in [7, 11) is -0.261. The molecule has 4 aliphatic carbocycles. The maximum Gasteiger partial charge on any atom is 0.494 e. The molecule has 3 nitrogen and oxygen atoms in total. The van der Waals surface area contributed by atoms with Crippen molar-refractivity contribution in [1.82, 2.24) is 0 Å². The SMILES string of the molecule is CC1(C)OB(c2ccc(C34CC(CCC5CCC(CO)CC5)C(C3)C4)cc2)OC1(C)C. The van der Waals surface area contributed by atoms with Crippen LogP contribution in [-0.4, -0.2) is 30.0 Å². The third-order valence-corrected chi connectivity index (χ3v) is 9.84. The number of rotatable bonds is 6. The molecule has 0 spiro atoms. The summed E-state index contributed by atoms with van der Waals surface area (Å²) < 4.78 is 12.5. The van der Waals surface area contributed by atoms with Gasteiger partial charge in [-0.05, 0) is 106 Å². The summed E-state index contributed by atoms with van der Waals surface area (Å²) in [6.45, 7) is 8.86. The largest absolute Gasteiger partial charge is 0.494 e. The first-order valence-corrected chi connectivity index (χ1v) is 12.8. The lowest BCUT2D eigenvalue weighted by Crippen LogP contribution is -2.41. The predicted molar refractivity (Wildman–Crippen MR) is 126 cm³/mol. The van der Waals surface area contributed by atoms with Crippen LogP contribution in [-0.2, 0) is 14.7 Å². The topological polar surface area (TPSA) is 38.7 Å². The van der Waals surface area contributed by atoms with E-state index in [1.807, 2.05) is 0 Å². The van der Waals surface area contributed by atoms with E-state index in [1.54, 1.807) is 0 Å². The lowest BCUT2D eigenvalue weighted by atomic mass is 9.64. The summed E-state index contributed by atoms with van der Waals surface area (Å²) in [6, 6.07) is 9.20. The first-order valence-electron chi connectivity index (χ1n) is 12.8. The van der Waals surface area contributed by atoms with Gasteiger partial charge in [0.2, 0.25) is 0 Å². The Kier molecular flexibility index (Phi) is 5.59. The minimum atomic E-state index is -0.285. The quantitative estimate of drug-likeness (QED) is 0.636.